The number of methoxy groups -OCH3 is 1. The van der Waals surface area contributed by atoms with Gasteiger partial charge in [0.25, 0.3) is 0 Å². The Morgan fingerprint density at radius 3 is 2.70 bits per heavy atom. The number of nitrogens with zero attached hydrogens (tertiary/aromatic N) is 4. The lowest BCUT2D eigenvalue weighted by Gasteiger charge is -2.29. The van der Waals surface area contributed by atoms with Gasteiger partial charge >= 0.3 is 0 Å². The predicted molar refractivity (Wildman–Crippen MR) is 100 cm³/mol. The molecule has 0 saturated carbocycles. The van der Waals surface area contributed by atoms with E-state index >= 15 is 0 Å². The molecule has 2 aromatic heterocycles. The third kappa shape index (κ3) is 3.52. The molecule has 7 nitrogen and oxygen atoms in total. The number of ether oxygens (including phenoxy) is 3. The summed E-state index contributed by atoms with van der Waals surface area (Å²) in [5.41, 5.74) is 3.20. The van der Waals surface area contributed by atoms with Crippen LogP contribution in [0.4, 0.5) is 5.69 Å². The Kier molecular flexibility index (Phi) is 4.81. The van der Waals surface area contributed by atoms with Crippen LogP contribution in [0.1, 0.15) is 11.1 Å². The molecule has 7 heteroatoms. The Balaban J connectivity index is 1.65. The summed E-state index contributed by atoms with van der Waals surface area (Å²) >= 11 is 0. The van der Waals surface area contributed by atoms with E-state index in [2.05, 4.69) is 16.1 Å². The van der Waals surface area contributed by atoms with Crippen molar-refractivity contribution in [1.82, 2.24) is 9.61 Å². The Labute approximate surface area is 157 Å². The summed E-state index contributed by atoms with van der Waals surface area (Å²) in [5.74, 6) is 1.45. The van der Waals surface area contributed by atoms with E-state index in [1.807, 2.05) is 36.5 Å². The second-order valence-corrected chi connectivity index (χ2v) is 6.26. The number of hydrogen-bond donors (Lipinski definition) is 0. The average Bonchev–Trinajstić information content (AvgIpc) is 3.16. The molecule has 0 bridgehead atoms. The van der Waals surface area contributed by atoms with Crippen molar-refractivity contribution in [3.8, 4) is 17.6 Å². The summed E-state index contributed by atoms with van der Waals surface area (Å²) in [6.07, 6.45) is 3.50. The Hall–Kier alpha value is -3.24. The van der Waals surface area contributed by atoms with Crippen LogP contribution < -0.4 is 14.4 Å². The first-order valence-electron chi connectivity index (χ1n) is 8.78. The van der Waals surface area contributed by atoms with E-state index in [0.29, 0.717) is 36.7 Å². The fraction of sp³-hybridized carbons (Fsp3) is 0.300. The first-order valence-corrected chi connectivity index (χ1v) is 8.78. The van der Waals surface area contributed by atoms with Crippen LogP contribution in [-0.4, -0.2) is 43.0 Å². The highest BCUT2D eigenvalue weighted by Crippen LogP contribution is 2.30. The number of nitriles is 1. The minimum atomic E-state index is 0.391. The molecule has 0 aliphatic carbocycles. The van der Waals surface area contributed by atoms with Crippen LogP contribution in [0.15, 0.2) is 42.7 Å². The lowest BCUT2D eigenvalue weighted by atomic mass is 10.2. The van der Waals surface area contributed by atoms with Crippen molar-refractivity contribution < 1.29 is 14.2 Å². The molecular formula is C20H20N4O3. The van der Waals surface area contributed by atoms with Crippen LogP contribution in [0.2, 0.25) is 0 Å². The van der Waals surface area contributed by atoms with E-state index in [1.54, 1.807) is 17.8 Å². The number of hydrogen-bond acceptors (Lipinski definition) is 6. The highest BCUT2D eigenvalue weighted by atomic mass is 16.5. The minimum Gasteiger partial charge on any atom is -0.497 e. The van der Waals surface area contributed by atoms with E-state index in [0.717, 1.165) is 30.1 Å². The van der Waals surface area contributed by atoms with Crippen LogP contribution >= 0.6 is 0 Å². The summed E-state index contributed by atoms with van der Waals surface area (Å²) in [4.78, 5) is 2.23. The van der Waals surface area contributed by atoms with Gasteiger partial charge in [-0.15, -0.1) is 0 Å². The van der Waals surface area contributed by atoms with Gasteiger partial charge in [-0.25, -0.2) is 4.52 Å². The van der Waals surface area contributed by atoms with Gasteiger partial charge in [0.15, 0.2) is 0 Å². The van der Waals surface area contributed by atoms with Crippen molar-refractivity contribution >= 4 is 11.2 Å². The summed E-state index contributed by atoms with van der Waals surface area (Å²) in [7, 11) is 1.64. The molecule has 0 unspecified atom stereocenters. The molecule has 27 heavy (non-hydrogen) atoms. The predicted octanol–water partition coefficient (Wildman–Crippen LogP) is 2.63. The topological polar surface area (TPSA) is 72.0 Å². The Morgan fingerprint density at radius 2 is 2.00 bits per heavy atom. The van der Waals surface area contributed by atoms with E-state index < -0.39 is 0 Å². The standard InChI is InChI=1S/C20H20N4O3/c1-25-18-4-2-15(3-5-18)14-27-19-10-17(23-6-8-26-9-7-23)13-24-20(19)16(11-21)12-22-24/h2-5,10,12-13H,6-9,14H2,1H3. The van der Waals surface area contributed by atoms with Gasteiger partial charge < -0.3 is 19.1 Å². The Morgan fingerprint density at radius 1 is 1.22 bits per heavy atom. The first-order chi connectivity index (χ1) is 13.3. The molecular weight excluding hydrogens is 344 g/mol. The quantitative estimate of drug-likeness (QED) is 0.693. The van der Waals surface area contributed by atoms with Crippen LogP contribution in [0.25, 0.3) is 5.52 Å². The van der Waals surface area contributed by atoms with Crippen molar-refractivity contribution in [2.24, 2.45) is 0 Å². The Bertz CT molecular complexity index is 969. The lowest BCUT2D eigenvalue weighted by Crippen LogP contribution is -2.36. The number of morpholine rings is 1. The molecule has 1 aromatic carbocycles. The normalized spacial score (nSPS) is 14.1. The number of aromatic nitrogens is 2. The number of anilines is 1. The highest BCUT2D eigenvalue weighted by molar-refractivity contribution is 5.72. The smallest absolute Gasteiger partial charge is 0.149 e. The molecule has 1 aliphatic rings. The van der Waals surface area contributed by atoms with Gasteiger partial charge in [0.1, 0.15) is 35.3 Å². The molecule has 138 valence electrons. The van der Waals surface area contributed by atoms with Crippen LogP contribution in [0, 0.1) is 11.3 Å². The monoisotopic (exact) mass is 364 g/mol. The third-order valence-corrected chi connectivity index (χ3v) is 4.61. The van der Waals surface area contributed by atoms with Gasteiger partial charge in [-0.2, -0.15) is 10.4 Å². The maximum absolute atomic E-state index is 9.41. The van der Waals surface area contributed by atoms with E-state index in [4.69, 9.17) is 14.2 Å². The van der Waals surface area contributed by atoms with E-state index in [9.17, 15) is 5.26 Å². The first kappa shape index (κ1) is 17.2. The maximum atomic E-state index is 9.41. The summed E-state index contributed by atoms with van der Waals surface area (Å²) < 4.78 is 18.4. The molecule has 0 atom stereocenters. The maximum Gasteiger partial charge on any atom is 0.149 e. The van der Waals surface area contributed by atoms with Gasteiger partial charge in [0, 0.05) is 19.2 Å². The van der Waals surface area contributed by atoms with Gasteiger partial charge in [-0.1, -0.05) is 12.1 Å². The van der Waals surface area contributed by atoms with Crippen molar-refractivity contribution in [3.63, 3.8) is 0 Å². The van der Waals surface area contributed by atoms with Crippen LogP contribution in [-0.2, 0) is 11.3 Å². The number of benzene rings is 1. The molecule has 0 spiro atoms. The van der Waals surface area contributed by atoms with E-state index in [1.165, 1.54) is 0 Å². The fourth-order valence-electron chi connectivity index (χ4n) is 3.14. The van der Waals surface area contributed by atoms with Crippen molar-refractivity contribution in [2.75, 3.05) is 38.3 Å². The summed E-state index contributed by atoms with van der Waals surface area (Å²) in [5, 5.41) is 13.7. The third-order valence-electron chi connectivity index (χ3n) is 4.61. The fourth-order valence-corrected chi connectivity index (χ4v) is 3.14. The van der Waals surface area contributed by atoms with Crippen molar-refractivity contribution in [1.29, 1.82) is 5.26 Å². The SMILES string of the molecule is COc1ccc(COc2cc(N3CCOCC3)cn3ncc(C#N)c23)cc1. The van der Waals surface area contributed by atoms with Crippen molar-refractivity contribution in [3.05, 3.63) is 53.9 Å². The minimum absolute atomic E-state index is 0.391. The van der Waals surface area contributed by atoms with Gasteiger partial charge in [-0.3, -0.25) is 0 Å². The number of fused-ring (bicyclic) bond motifs is 1. The largest absolute Gasteiger partial charge is 0.497 e. The molecule has 1 aliphatic heterocycles. The van der Waals surface area contributed by atoms with Crippen LogP contribution in [0.5, 0.6) is 11.5 Å². The highest BCUT2D eigenvalue weighted by Gasteiger charge is 2.17. The zero-order chi connectivity index (χ0) is 18.6. The zero-order valence-corrected chi connectivity index (χ0v) is 15.1. The number of pyridine rings is 1. The van der Waals surface area contributed by atoms with Crippen LogP contribution in [0.3, 0.4) is 0 Å². The molecule has 4 rings (SSSR count). The molecule has 1 fully saturated rings. The van der Waals surface area contributed by atoms with Gasteiger partial charge in [0.05, 0.1) is 38.4 Å². The van der Waals surface area contributed by atoms with Crippen molar-refractivity contribution in [2.45, 2.75) is 6.61 Å². The van der Waals surface area contributed by atoms with Gasteiger partial charge in [-0.05, 0) is 17.7 Å². The molecule has 0 radical (unpaired) electrons. The average molecular weight is 364 g/mol. The molecule has 1 saturated heterocycles. The zero-order valence-electron chi connectivity index (χ0n) is 15.1. The summed E-state index contributed by atoms with van der Waals surface area (Å²) in [6.45, 7) is 3.42. The second kappa shape index (κ2) is 7.56. The van der Waals surface area contributed by atoms with E-state index in [-0.39, 0.29) is 0 Å². The van der Waals surface area contributed by atoms with Gasteiger partial charge in [0.2, 0.25) is 0 Å². The lowest BCUT2D eigenvalue weighted by molar-refractivity contribution is 0.122. The molecule has 3 aromatic rings. The summed E-state index contributed by atoms with van der Waals surface area (Å²) in [6, 6.07) is 11.9. The second-order valence-electron chi connectivity index (χ2n) is 6.26. The molecule has 0 amide bonds. The molecule has 0 N–H and O–H groups in total. The molecule has 3 heterocycles. The number of rotatable bonds is 5.